The normalized spacial score (nSPS) is 25.7. The van der Waals surface area contributed by atoms with Gasteiger partial charge in [0.1, 0.15) is 35.7 Å². The SMILES string of the molecule is CN1CCOc2ncc(S(=O)(=O)N3CCC4(CC3)CC(NC[C@H](O)COc3cccc(S(=O)(=O)N[C@@H]5CCC[C@@H]5O)c3)CO4)cc21. The van der Waals surface area contributed by atoms with Crippen molar-refractivity contribution in [1.82, 2.24) is 19.3 Å². The van der Waals surface area contributed by atoms with Crippen molar-refractivity contribution in [2.24, 2.45) is 0 Å². The molecule has 0 amide bonds. The van der Waals surface area contributed by atoms with Crippen molar-refractivity contribution in [2.45, 2.75) is 78.2 Å². The zero-order valence-corrected chi connectivity index (χ0v) is 27.5. The van der Waals surface area contributed by atoms with E-state index >= 15 is 0 Å². The molecular weight excluding hydrogens is 638 g/mol. The van der Waals surface area contributed by atoms with Gasteiger partial charge in [-0.1, -0.05) is 6.07 Å². The number of nitrogens with zero attached hydrogens (tertiary/aromatic N) is 3. The second-order valence-electron chi connectivity index (χ2n) is 12.6. The average Bonchev–Trinajstić information content (AvgIpc) is 3.64. The lowest BCUT2D eigenvalue weighted by atomic mass is 9.88. The number of piperidine rings is 1. The van der Waals surface area contributed by atoms with Crippen LogP contribution in [-0.4, -0.2) is 119 Å². The number of pyridine rings is 1. The molecule has 4 aliphatic rings. The number of likely N-dealkylation sites (N-methyl/N-ethyl adjacent to an activating group) is 1. The Kier molecular flexibility index (Phi) is 9.79. The van der Waals surface area contributed by atoms with Gasteiger partial charge >= 0.3 is 0 Å². The largest absolute Gasteiger partial charge is 0.491 e. The lowest BCUT2D eigenvalue weighted by Crippen LogP contribution is -2.47. The molecule has 6 rings (SSSR count). The van der Waals surface area contributed by atoms with Gasteiger partial charge in [-0.25, -0.2) is 26.5 Å². The monoisotopic (exact) mass is 681 g/mol. The third-order valence-corrected chi connectivity index (χ3v) is 12.7. The highest BCUT2D eigenvalue weighted by molar-refractivity contribution is 7.89. The van der Waals surface area contributed by atoms with E-state index in [1.54, 1.807) is 18.2 Å². The van der Waals surface area contributed by atoms with Crippen molar-refractivity contribution in [3.8, 4) is 11.6 Å². The van der Waals surface area contributed by atoms with Crippen molar-refractivity contribution in [3.63, 3.8) is 0 Å². The molecule has 1 aliphatic carbocycles. The van der Waals surface area contributed by atoms with Gasteiger partial charge in [0, 0.05) is 44.8 Å². The third kappa shape index (κ3) is 7.28. The first-order valence-electron chi connectivity index (χ1n) is 15.8. The van der Waals surface area contributed by atoms with E-state index in [0.717, 1.165) is 6.42 Å². The van der Waals surface area contributed by atoms with E-state index in [4.69, 9.17) is 14.2 Å². The van der Waals surface area contributed by atoms with Crippen molar-refractivity contribution in [2.75, 3.05) is 57.9 Å². The first-order valence-corrected chi connectivity index (χ1v) is 18.7. The van der Waals surface area contributed by atoms with Crippen LogP contribution in [0.2, 0.25) is 0 Å². The van der Waals surface area contributed by atoms with Crippen LogP contribution < -0.4 is 24.4 Å². The number of anilines is 1. The molecular formula is C30H43N5O9S2. The van der Waals surface area contributed by atoms with Gasteiger partial charge in [-0.2, -0.15) is 4.31 Å². The minimum absolute atomic E-state index is 0.0105. The van der Waals surface area contributed by atoms with Crippen LogP contribution in [0.1, 0.15) is 38.5 Å². The van der Waals surface area contributed by atoms with E-state index in [0.29, 0.717) is 82.3 Å². The maximum atomic E-state index is 13.4. The minimum atomic E-state index is -3.83. The number of hydrogen-bond donors (Lipinski definition) is 4. The summed E-state index contributed by atoms with van der Waals surface area (Å²) in [4.78, 5) is 6.36. The lowest BCUT2D eigenvalue weighted by molar-refractivity contribution is -0.0312. The number of aromatic nitrogens is 1. The fraction of sp³-hybridized carbons (Fsp3) is 0.633. The first kappa shape index (κ1) is 33.3. The maximum absolute atomic E-state index is 13.4. The second kappa shape index (κ2) is 13.5. The topological polar surface area (TPSA) is 180 Å². The third-order valence-electron chi connectivity index (χ3n) is 9.35. The molecule has 3 fully saturated rings. The molecule has 46 heavy (non-hydrogen) atoms. The van der Waals surface area contributed by atoms with E-state index < -0.39 is 43.9 Å². The Morgan fingerprint density at radius 2 is 1.93 bits per heavy atom. The standard InChI is InChI=1S/C30H43N5O9S2/c1-34-12-13-42-29-27(34)15-25(18-32-29)46(40,41)35-10-8-30(9-11-35)16-21(19-44-30)31-17-22(36)20-43-23-4-2-5-24(14-23)45(38,39)33-26-6-3-7-28(26)37/h2,4-5,14-15,18,21-22,26,28,31,33,36-37H,3,6-13,16-17,19-20H2,1H3/t21?,22-,26+,28-/m0/s1. The fourth-order valence-electron chi connectivity index (χ4n) is 6.59. The Bertz CT molecular complexity index is 1600. The predicted molar refractivity (Wildman–Crippen MR) is 168 cm³/mol. The summed E-state index contributed by atoms with van der Waals surface area (Å²) in [5.41, 5.74) is 0.234. The zero-order chi connectivity index (χ0) is 32.5. The number of sulfonamides is 2. The van der Waals surface area contributed by atoms with Crippen molar-refractivity contribution < 1.29 is 41.3 Å². The summed E-state index contributed by atoms with van der Waals surface area (Å²) < 4.78 is 74.0. The van der Waals surface area contributed by atoms with Crippen LogP contribution in [-0.2, 0) is 24.8 Å². The molecule has 1 saturated carbocycles. The summed E-state index contributed by atoms with van der Waals surface area (Å²) in [5.74, 6) is 0.749. The number of aliphatic hydroxyl groups is 2. The minimum Gasteiger partial charge on any atom is -0.491 e. The lowest BCUT2D eigenvalue weighted by Gasteiger charge is -2.38. The van der Waals surface area contributed by atoms with Crippen LogP contribution in [0.3, 0.4) is 0 Å². The number of aliphatic hydroxyl groups excluding tert-OH is 2. The van der Waals surface area contributed by atoms with Crippen LogP contribution in [0.15, 0.2) is 46.3 Å². The number of hydrogen-bond acceptors (Lipinski definition) is 12. The van der Waals surface area contributed by atoms with E-state index in [9.17, 15) is 27.0 Å². The average molecular weight is 682 g/mol. The molecule has 16 heteroatoms. The van der Waals surface area contributed by atoms with Crippen LogP contribution in [0.25, 0.3) is 0 Å². The van der Waals surface area contributed by atoms with Gasteiger partial charge in [-0.05, 0) is 56.7 Å². The predicted octanol–water partition coefficient (Wildman–Crippen LogP) is 0.444. The van der Waals surface area contributed by atoms with Crippen LogP contribution in [0.4, 0.5) is 5.69 Å². The van der Waals surface area contributed by atoms with Gasteiger partial charge in [0.15, 0.2) is 0 Å². The molecule has 4 N–H and O–H groups in total. The molecule has 1 aromatic heterocycles. The second-order valence-corrected chi connectivity index (χ2v) is 16.3. The number of nitrogens with one attached hydrogen (secondary N) is 2. The molecule has 0 radical (unpaired) electrons. The fourth-order valence-corrected chi connectivity index (χ4v) is 9.33. The molecule has 3 aliphatic heterocycles. The molecule has 254 valence electrons. The molecule has 2 aromatic rings. The zero-order valence-electron chi connectivity index (χ0n) is 25.9. The number of benzene rings is 1. The highest BCUT2D eigenvalue weighted by Crippen LogP contribution is 2.38. The number of fused-ring (bicyclic) bond motifs is 1. The van der Waals surface area contributed by atoms with Gasteiger partial charge in [0.25, 0.3) is 0 Å². The Balaban J connectivity index is 0.954. The molecule has 14 nitrogen and oxygen atoms in total. The Morgan fingerprint density at radius 1 is 1.13 bits per heavy atom. The van der Waals surface area contributed by atoms with Gasteiger partial charge in [-0.3, -0.25) is 0 Å². The highest BCUT2D eigenvalue weighted by atomic mass is 32.2. The molecule has 2 saturated heterocycles. The van der Waals surface area contributed by atoms with Gasteiger partial charge < -0.3 is 34.6 Å². The molecule has 4 heterocycles. The van der Waals surface area contributed by atoms with Crippen molar-refractivity contribution >= 4 is 25.7 Å². The van der Waals surface area contributed by atoms with Gasteiger partial charge in [-0.15, -0.1) is 0 Å². The molecule has 1 unspecified atom stereocenters. The quantitative estimate of drug-likeness (QED) is 0.258. The molecule has 4 atom stereocenters. The Morgan fingerprint density at radius 3 is 2.70 bits per heavy atom. The summed E-state index contributed by atoms with van der Waals surface area (Å²) in [6.07, 6.45) is 3.55. The summed E-state index contributed by atoms with van der Waals surface area (Å²) in [6, 6.07) is 7.17. The summed E-state index contributed by atoms with van der Waals surface area (Å²) >= 11 is 0. The first-order chi connectivity index (χ1) is 21.9. The van der Waals surface area contributed by atoms with Crippen LogP contribution >= 0.6 is 0 Å². The number of ether oxygens (including phenoxy) is 3. The molecule has 1 spiro atoms. The van der Waals surface area contributed by atoms with Gasteiger partial charge in [0.2, 0.25) is 25.9 Å². The maximum Gasteiger partial charge on any atom is 0.244 e. The smallest absolute Gasteiger partial charge is 0.244 e. The van der Waals surface area contributed by atoms with E-state index in [1.165, 1.54) is 22.6 Å². The summed E-state index contributed by atoms with van der Waals surface area (Å²) in [7, 11) is -5.67. The Labute approximate surface area is 270 Å². The number of rotatable bonds is 11. The van der Waals surface area contributed by atoms with Gasteiger partial charge in [0.05, 0.1) is 35.9 Å². The van der Waals surface area contributed by atoms with E-state index in [1.807, 2.05) is 11.9 Å². The van der Waals surface area contributed by atoms with Crippen LogP contribution in [0.5, 0.6) is 11.6 Å². The van der Waals surface area contributed by atoms with Crippen molar-refractivity contribution in [3.05, 3.63) is 36.5 Å². The van der Waals surface area contributed by atoms with E-state index in [-0.39, 0.29) is 29.0 Å². The molecule has 0 bridgehead atoms. The van der Waals surface area contributed by atoms with E-state index in [2.05, 4.69) is 15.0 Å². The molecule has 1 aromatic carbocycles. The Hall–Kier alpha value is -2.57. The van der Waals surface area contributed by atoms with Crippen LogP contribution in [0, 0.1) is 0 Å². The summed E-state index contributed by atoms with van der Waals surface area (Å²) in [5, 5.41) is 23.9. The summed E-state index contributed by atoms with van der Waals surface area (Å²) in [6.45, 7) is 2.48. The van der Waals surface area contributed by atoms with Crippen molar-refractivity contribution in [1.29, 1.82) is 0 Å². The highest BCUT2D eigenvalue weighted by Gasteiger charge is 2.45.